The zero-order valence-electron chi connectivity index (χ0n) is 12.2. The summed E-state index contributed by atoms with van der Waals surface area (Å²) < 4.78 is 0. The number of nitrogens with zero attached hydrogens (tertiary/aromatic N) is 1. The van der Waals surface area contributed by atoms with Crippen molar-refractivity contribution in [3.8, 4) is 0 Å². The van der Waals surface area contributed by atoms with Crippen molar-refractivity contribution in [2.75, 3.05) is 7.05 Å². The summed E-state index contributed by atoms with van der Waals surface area (Å²) in [4.78, 5) is 13.4. The van der Waals surface area contributed by atoms with Crippen molar-refractivity contribution >= 4 is 29.2 Å². The molecule has 1 aliphatic rings. The summed E-state index contributed by atoms with van der Waals surface area (Å²) >= 11 is 12.3. The quantitative estimate of drug-likeness (QED) is 0.857. The number of hydrogen-bond donors (Lipinski definition) is 1. The summed E-state index contributed by atoms with van der Waals surface area (Å²) in [5.74, 6) is -0.735. The molecular weight excluding hydrogens is 309 g/mol. The van der Waals surface area contributed by atoms with Gasteiger partial charge >= 0.3 is 5.97 Å². The number of halogens is 2. The molecule has 0 atom stereocenters. The first-order valence-corrected chi connectivity index (χ1v) is 8.06. The minimum atomic E-state index is -0.735. The zero-order chi connectivity index (χ0) is 15.5. The highest BCUT2D eigenvalue weighted by Crippen LogP contribution is 2.37. The number of carboxylic acid groups (broad SMARTS) is 1. The lowest BCUT2D eigenvalue weighted by atomic mass is 9.78. The predicted molar refractivity (Wildman–Crippen MR) is 86.0 cm³/mol. The Balaban J connectivity index is 2.20. The zero-order valence-corrected chi connectivity index (χ0v) is 13.8. The molecule has 0 spiro atoms. The van der Waals surface area contributed by atoms with Gasteiger partial charge in [-0.15, -0.1) is 0 Å². The van der Waals surface area contributed by atoms with E-state index in [2.05, 4.69) is 4.90 Å². The molecule has 1 aliphatic carbocycles. The van der Waals surface area contributed by atoms with Gasteiger partial charge in [-0.05, 0) is 31.5 Å². The summed E-state index contributed by atoms with van der Waals surface area (Å²) in [6.45, 7) is 0.618. The van der Waals surface area contributed by atoms with E-state index < -0.39 is 5.97 Å². The molecule has 1 saturated carbocycles. The molecular formula is C16H21Cl2NO2. The second kappa shape index (κ2) is 6.99. The van der Waals surface area contributed by atoms with E-state index in [1.54, 1.807) is 6.07 Å². The fraction of sp³-hybridized carbons (Fsp3) is 0.562. The van der Waals surface area contributed by atoms with E-state index >= 15 is 0 Å². The molecule has 1 aromatic rings. The number of hydrogen-bond acceptors (Lipinski definition) is 2. The van der Waals surface area contributed by atoms with E-state index in [0.29, 0.717) is 16.6 Å². The van der Waals surface area contributed by atoms with Crippen molar-refractivity contribution in [2.45, 2.75) is 50.6 Å². The summed E-state index contributed by atoms with van der Waals surface area (Å²) in [5.41, 5.74) is 0.678. The molecule has 0 bridgehead atoms. The van der Waals surface area contributed by atoms with Gasteiger partial charge in [0.15, 0.2) is 0 Å². The Labute approximate surface area is 135 Å². The van der Waals surface area contributed by atoms with Gasteiger partial charge < -0.3 is 5.11 Å². The maximum absolute atomic E-state index is 11.3. The van der Waals surface area contributed by atoms with E-state index in [-0.39, 0.29) is 12.0 Å². The summed E-state index contributed by atoms with van der Waals surface area (Å²) in [6, 6.07) is 5.59. The molecule has 0 radical (unpaired) electrons. The SMILES string of the molecule is CN(Cc1cccc(Cl)c1Cl)C1(CC(=O)O)CCCCC1. The van der Waals surface area contributed by atoms with E-state index in [1.165, 1.54) is 6.42 Å². The van der Waals surface area contributed by atoms with E-state index in [4.69, 9.17) is 23.2 Å². The molecule has 1 aromatic carbocycles. The number of carboxylic acids is 1. The van der Waals surface area contributed by atoms with Crippen LogP contribution in [-0.2, 0) is 11.3 Å². The first-order chi connectivity index (χ1) is 9.94. The smallest absolute Gasteiger partial charge is 0.305 e. The van der Waals surface area contributed by atoms with Crippen molar-refractivity contribution in [3.63, 3.8) is 0 Å². The molecule has 0 unspecified atom stereocenters. The van der Waals surface area contributed by atoms with Crippen molar-refractivity contribution in [1.82, 2.24) is 4.90 Å². The number of carbonyl (C=O) groups is 1. The van der Waals surface area contributed by atoms with E-state index in [9.17, 15) is 9.90 Å². The number of benzene rings is 1. The third kappa shape index (κ3) is 3.91. The van der Waals surface area contributed by atoms with Crippen LogP contribution < -0.4 is 0 Å². The normalized spacial score (nSPS) is 17.9. The highest BCUT2D eigenvalue weighted by atomic mass is 35.5. The minimum absolute atomic E-state index is 0.182. The Morgan fingerprint density at radius 1 is 1.29 bits per heavy atom. The van der Waals surface area contributed by atoms with Gasteiger partial charge in [0.2, 0.25) is 0 Å². The molecule has 0 aliphatic heterocycles. The standard InChI is InChI=1S/C16H21Cl2NO2/c1-19(11-12-6-5-7-13(17)15(12)18)16(10-14(20)21)8-3-2-4-9-16/h5-7H,2-4,8-11H2,1H3,(H,20,21). The van der Waals surface area contributed by atoms with Crippen molar-refractivity contribution < 1.29 is 9.90 Å². The average Bonchev–Trinajstić information content (AvgIpc) is 2.44. The van der Waals surface area contributed by atoms with Crippen LogP contribution in [0.3, 0.4) is 0 Å². The third-order valence-corrected chi connectivity index (χ3v) is 5.37. The van der Waals surface area contributed by atoms with Gasteiger partial charge in [-0.2, -0.15) is 0 Å². The Bertz CT molecular complexity index is 513. The molecule has 1 fully saturated rings. The lowest BCUT2D eigenvalue weighted by Crippen LogP contribution is -2.49. The highest BCUT2D eigenvalue weighted by Gasteiger charge is 2.38. The maximum Gasteiger partial charge on any atom is 0.305 e. The molecule has 3 nitrogen and oxygen atoms in total. The molecule has 2 rings (SSSR count). The van der Waals surface area contributed by atoms with E-state index in [0.717, 1.165) is 31.2 Å². The fourth-order valence-corrected chi connectivity index (χ4v) is 3.66. The Kier molecular flexibility index (Phi) is 5.53. The first-order valence-electron chi connectivity index (χ1n) is 7.30. The Hall–Kier alpha value is -0.770. The Morgan fingerprint density at radius 3 is 2.57 bits per heavy atom. The lowest BCUT2D eigenvalue weighted by Gasteiger charge is -2.44. The largest absolute Gasteiger partial charge is 0.481 e. The maximum atomic E-state index is 11.3. The number of rotatable bonds is 5. The van der Waals surface area contributed by atoms with Crippen LogP contribution in [-0.4, -0.2) is 28.6 Å². The van der Waals surface area contributed by atoms with Crippen molar-refractivity contribution in [1.29, 1.82) is 0 Å². The molecule has 5 heteroatoms. The van der Waals surface area contributed by atoms with Gasteiger partial charge in [0, 0.05) is 12.1 Å². The third-order valence-electron chi connectivity index (χ3n) is 4.51. The minimum Gasteiger partial charge on any atom is -0.481 e. The lowest BCUT2D eigenvalue weighted by molar-refractivity contribution is -0.141. The van der Waals surface area contributed by atoms with Crippen LogP contribution in [0.4, 0.5) is 0 Å². The summed E-state index contributed by atoms with van der Waals surface area (Å²) in [5, 5.41) is 10.4. The molecule has 1 N–H and O–H groups in total. The molecule has 0 aromatic heterocycles. The molecule has 0 heterocycles. The van der Waals surface area contributed by atoms with Crippen LogP contribution in [0.1, 0.15) is 44.1 Å². The van der Waals surface area contributed by atoms with Gasteiger partial charge in [0.1, 0.15) is 0 Å². The van der Waals surface area contributed by atoms with Gasteiger partial charge in [-0.3, -0.25) is 9.69 Å². The van der Waals surface area contributed by atoms with Crippen LogP contribution in [0.5, 0.6) is 0 Å². The second-order valence-electron chi connectivity index (χ2n) is 5.92. The highest BCUT2D eigenvalue weighted by molar-refractivity contribution is 6.42. The summed E-state index contributed by atoms with van der Waals surface area (Å²) in [7, 11) is 1.99. The van der Waals surface area contributed by atoms with Crippen LogP contribution in [0, 0.1) is 0 Å². The molecule has 0 saturated heterocycles. The van der Waals surface area contributed by atoms with E-state index in [1.807, 2.05) is 19.2 Å². The van der Waals surface area contributed by atoms with Gasteiger partial charge in [-0.25, -0.2) is 0 Å². The van der Waals surface area contributed by atoms with Gasteiger partial charge in [-0.1, -0.05) is 54.6 Å². The topological polar surface area (TPSA) is 40.5 Å². The van der Waals surface area contributed by atoms with Gasteiger partial charge in [0.25, 0.3) is 0 Å². The molecule has 21 heavy (non-hydrogen) atoms. The van der Waals surface area contributed by atoms with Crippen LogP contribution >= 0.6 is 23.2 Å². The van der Waals surface area contributed by atoms with Crippen molar-refractivity contribution in [3.05, 3.63) is 33.8 Å². The second-order valence-corrected chi connectivity index (χ2v) is 6.71. The van der Waals surface area contributed by atoms with Crippen LogP contribution in [0.15, 0.2) is 18.2 Å². The average molecular weight is 330 g/mol. The van der Waals surface area contributed by atoms with Crippen molar-refractivity contribution in [2.24, 2.45) is 0 Å². The first kappa shape index (κ1) is 16.6. The molecule has 0 amide bonds. The van der Waals surface area contributed by atoms with Gasteiger partial charge in [0.05, 0.1) is 16.5 Å². The van der Waals surface area contributed by atoms with Crippen LogP contribution in [0.2, 0.25) is 10.0 Å². The fourth-order valence-electron chi connectivity index (χ4n) is 3.28. The number of aliphatic carboxylic acids is 1. The summed E-state index contributed by atoms with van der Waals surface area (Å²) in [6.07, 6.45) is 5.39. The van der Waals surface area contributed by atoms with Crippen LogP contribution in [0.25, 0.3) is 0 Å². The molecule has 116 valence electrons. The Morgan fingerprint density at radius 2 is 1.95 bits per heavy atom. The monoisotopic (exact) mass is 329 g/mol. The predicted octanol–water partition coefficient (Wildman–Crippen LogP) is 4.60.